The summed E-state index contributed by atoms with van der Waals surface area (Å²) < 4.78 is 0. The number of anilines is 1. The van der Waals surface area contributed by atoms with Crippen molar-refractivity contribution in [1.82, 2.24) is 9.88 Å². The van der Waals surface area contributed by atoms with Crippen LogP contribution in [0, 0.1) is 23.0 Å². The first kappa shape index (κ1) is 13.7. The molecule has 1 aliphatic heterocycles. The first-order valence-electron chi connectivity index (χ1n) is 6.68. The molecule has 6 nitrogen and oxygen atoms in total. The SMILES string of the molecule is CCN1CCC(CNc2nccc(C)c2[N+](=O)[O-])C1. The fourth-order valence-corrected chi connectivity index (χ4v) is 2.52. The topological polar surface area (TPSA) is 71.3 Å². The lowest BCUT2D eigenvalue weighted by molar-refractivity contribution is -0.384. The van der Waals surface area contributed by atoms with Crippen LogP contribution in [0.15, 0.2) is 12.3 Å². The number of aromatic nitrogens is 1. The van der Waals surface area contributed by atoms with Gasteiger partial charge in [-0.25, -0.2) is 4.98 Å². The molecule has 0 bridgehead atoms. The molecule has 1 N–H and O–H groups in total. The van der Waals surface area contributed by atoms with E-state index < -0.39 is 0 Å². The summed E-state index contributed by atoms with van der Waals surface area (Å²) in [6, 6.07) is 1.66. The molecule has 0 aromatic carbocycles. The molecule has 1 unspecified atom stereocenters. The Morgan fingerprint density at radius 3 is 3.05 bits per heavy atom. The van der Waals surface area contributed by atoms with Crippen LogP contribution in [0.2, 0.25) is 0 Å². The predicted octanol–water partition coefficient (Wildman–Crippen LogP) is 2.05. The average Bonchev–Trinajstić information content (AvgIpc) is 2.83. The lowest BCUT2D eigenvalue weighted by Gasteiger charge is -2.14. The van der Waals surface area contributed by atoms with E-state index in [0.29, 0.717) is 17.3 Å². The zero-order chi connectivity index (χ0) is 13.8. The van der Waals surface area contributed by atoms with E-state index in [4.69, 9.17) is 0 Å². The molecular formula is C13H20N4O2. The maximum Gasteiger partial charge on any atom is 0.314 e. The van der Waals surface area contributed by atoms with Crippen LogP contribution in [-0.4, -0.2) is 41.0 Å². The number of hydrogen-bond donors (Lipinski definition) is 1. The second-order valence-electron chi connectivity index (χ2n) is 5.01. The Kier molecular flexibility index (Phi) is 4.31. The van der Waals surface area contributed by atoms with Crippen LogP contribution in [0.5, 0.6) is 0 Å². The molecule has 2 rings (SSSR count). The Morgan fingerprint density at radius 1 is 1.63 bits per heavy atom. The number of nitrogens with zero attached hydrogens (tertiary/aromatic N) is 3. The Morgan fingerprint density at radius 2 is 2.42 bits per heavy atom. The molecule has 0 aliphatic carbocycles. The standard InChI is InChI=1S/C13H20N4O2/c1-3-16-7-5-11(9-16)8-15-13-12(17(18)19)10(2)4-6-14-13/h4,6,11H,3,5,7-9H2,1-2H3,(H,14,15). The molecule has 0 radical (unpaired) electrons. The summed E-state index contributed by atoms with van der Waals surface area (Å²) in [7, 11) is 0. The van der Waals surface area contributed by atoms with Gasteiger partial charge in [-0.15, -0.1) is 0 Å². The number of nitrogens with one attached hydrogen (secondary N) is 1. The highest BCUT2D eigenvalue weighted by Crippen LogP contribution is 2.26. The van der Waals surface area contributed by atoms with Crippen LogP contribution in [-0.2, 0) is 0 Å². The average molecular weight is 264 g/mol. The van der Waals surface area contributed by atoms with Gasteiger partial charge in [-0.05, 0) is 38.4 Å². The summed E-state index contributed by atoms with van der Waals surface area (Å²) in [6.45, 7) is 7.88. The number of rotatable bonds is 5. The van der Waals surface area contributed by atoms with Crippen LogP contribution in [0.4, 0.5) is 11.5 Å². The molecule has 0 amide bonds. The van der Waals surface area contributed by atoms with Gasteiger partial charge in [-0.2, -0.15) is 0 Å². The van der Waals surface area contributed by atoms with Crippen molar-refractivity contribution < 1.29 is 4.92 Å². The van der Waals surface area contributed by atoms with Gasteiger partial charge in [-0.1, -0.05) is 6.92 Å². The smallest absolute Gasteiger partial charge is 0.314 e. The zero-order valence-electron chi connectivity index (χ0n) is 11.4. The Balaban J connectivity index is 2.00. The number of nitro groups is 1. The molecule has 1 aromatic rings. The van der Waals surface area contributed by atoms with Crippen molar-refractivity contribution in [3.63, 3.8) is 0 Å². The van der Waals surface area contributed by atoms with Crippen molar-refractivity contribution in [2.75, 3.05) is 31.5 Å². The second-order valence-corrected chi connectivity index (χ2v) is 5.01. The third-order valence-electron chi connectivity index (χ3n) is 3.68. The highest BCUT2D eigenvalue weighted by Gasteiger charge is 2.23. The molecule has 0 spiro atoms. The van der Waals surface area contributed by atoms with Crippen molar-refractivity contribution >= 4 is 11.5 Å². The van der Waals surface area contributed by atoms with E-state index in [0.717, 1.165) is 32.6 Å². The van der Waals surface area contributed by atoms with Gasteiger partial charge in [0, 0.05) is 24.8 Å². The minimum Gasteiger partial charge on any atom is -0.364 e. The Bertz CT molecular complexity index is 464. The molecule has 1 fully saturated rings. The molecule has 1 aromatic heterocycles. The highest BCUT2D eigenvalue weighted by molar-refractivity contribution is 5.59. The minimum absolute atomic E-state index is 0.0906. The normalized spacial score (nSPS) is 19.6. The van der Waals surface area contributed by atoms with Gasteiger partial charge >= 0.3 is 5.69 Å². The van der Waals surface area contributed by atoms with E-state index in [2.05, 4.69) is 22.1 Å². The summed E-state index contributed by atoms with van der Waals surface area (Å²) in [4.78, 5) is 17.2. The van der Waals surface area contributed by atoms with Gasteiger partial charge in [0.2, 0.25) is 5.82 Å². The number of likely N-dealkylation sites (tertiary alicyclic amines) is 1. The molecule has 19 heavy (non-hydrogen) atoms. The number of pyridine rings is 1. The van der Waals surface area contributed by atoms with Crippen LogP contribution in [0.3, 0.4) is 0 Å². The zero-order valence-corrected chi connectivity index (χ0v) is 11.4. The lowest BCUT2D eigenvalue weighted by atomic mass is 10.1. The van der Waals surface area contributed by atoms with Gasteiger partial charge in [0.1, 0.15) is 0 Å². The largest absolute Gasteiger partial charge is 0.364 e. The van der Waals surface area contributed by atoms with Gasteiger partial charge in [-0.3, -0.25) is 10.1 Å². The monoisotopic (exact) mass is 264 g/mol. The summed E-state index contributed by atoms with van der Waals surface area (Å²) in [5.74, 6) is 0.932. The molecule has 0 saturated carbocycles. The van der Waals surface area contributed by atoms with Crippen LogP contribution < -0.4 is 5.32 Å². The van der Waals surface area contributed by atoms with Gasteiger partial charge in [0.25, 0.3) is 0 Å². The van der Waals surface area contributed by atoms with E-state index >= 15 is 0 Å². The third kappa shape index (κ3) is 3.20. The molecule has 1 atom stereocenters. The van der Waals surface area contributed by atoms with Crippen molar-refractivity contribution in [2.24, 2.45) is 5.92 Å². The summed E-state index contributed by atoms with van der Waals surface area (Å²) in [5, 5.41) is 14.2. The fourth-order valence-electron chi connectivity index (χ4n) is 2.52. The van der Waals surface area contributed by atoms with Crippen molar-refractivity contribution in [3.8, 4) is 0 Å². The molecule has 1 aliphatic rings. The molecule has 104 valence electrons. The summed E-state index contributed by atoms with van der Waals surface area (Å²) >= 11 is 0. The first-order chi connectivity index (χ1) is 9.11. The minimum atomic E-state index is -0.363. The van der Waals surface area contributed by atoms with Crippen molar-refractivity contribution in [1.29, 1.82) is 0 Å². The summed E-state index contributed by atoms with van der Waals surface area (Å²) in [5.41, 5.74) is 0.733. The lowest BCUT2D eigenvalue weighted by Crippen LogP contribution is -2.22. The van der Waals surface area contributed by atoms with Crippen molar-refractivity contribution in [2.45, 2.75) is 20.3 Å². The molecule has 1 saturated heterocycles. The molecule has 6 heteroatoms. The van der Waals surface area contributed by atoms with Crippen LogP contribution in [0.25, 0.3) is 0 Å². The van der Waals surface area contributed by atoms with E-state index in [1.165, 1.54) is 0 Å². The quantitative estimate of drug-likeness (QED) is 0.651. The van der Waals surface area contributed by atoms with E-state index in [9.17, 15) is 10.1 Å². The van der Waals surface area contributed by atoms with Gasteiger partial charge in [0.05, 0.1) is 4.92 Å². The van der Waals surface area contributed by atoms with E-state index in [1.54, 1.807) is 19.2 Å². The fraction of sp³-hybridized carbons (Fsp3) is 0.615. The number of aryl methyl sites for hydroxylation is 1. The molecule has 2 heterocycles. The summed E-state index contributed by atoms with van der Waals surface area (Å²) in [6.07, 6.45) is 2.75. The van der Waals surface area contributed by atoms with Gasteiger partial charge < -0.3 is 10.2 Å². The Hall–Kier alpha value is -1.69. The van der Waals surface area contributed by atoms with Crippen molar-refractivity contribution in [3.05, 3.63) is 27.9 Å². The highest BCUT2D eigenvalue weighted by atomic mass is 16.6. The van der Waals surface area contributed by atoms with Crippen LogP contribution >= 0.6 is 0 Å². The number of hydrogen-bond acceptors (Lipinski definition) is 5. The van der Waals surface area contributed by atoms with E-state index in [-0.39, 0.29) is 10.6 Å². The van der Waals surface area contributed by atoms with Crippen LogP contribution in [0.1, 0.15) is 18.9 Å². The maximum absolute atomic E-state index is 11.1. The third-order valence-corrected chi connectivity index (χ3v) is 3.68. The maximum atomic E-state index is 11.1. The molecular weight excluding hydrogens is 244 g/mol. The first-order valence-corrected chi connectivity index (χ1v) is 6.68. The van der Waals surface area contributed by atoms with E-state index in [1.807, 2.05) is 0 Å². The Labute approximate surface area is 113 Å². The van der Waals surface area contributed by atoms with Gasteiger partial charge in [0.15, 0.2) is 0 Å². The second kappa shape index (κ2) is 5.97. The predicted molar refractivity (Wildman–Crippen MR) is 74.3 cm³/mol.